The first-order valence-electron chi connectivity index (χ1n) is 8.16. The molecular weight excluding hydrogens is 318 g/mol. The van der Waals surface area contributed by atoms with E-state index in [0.717, 1.165) is 33.7 Å². The third-order valence-corrected chi connectivity index (χ3v) is 4.85. The van der Waals surface area contributed by atoms with E-state index in [1.807, 2.05) is 43.3 Å². The van der Waals surface area contributed by atoms with Crippen LogP contribution in [0.3, 0.4) is 0 Å². The first kappa shape index (κ1) is 15.6. The Bertz CT molecular complexity index is 1000. The monoisotopic (exact) mass is 337 g/mol. The second kappa shape index (κ2) is 5.84. The molecule has 25 heavy (non-hydrogen) atoms. The van der Waals surface area contributed by atoms with E-state index >= 15 is 0 Å². The molecule has 5 heteroatoms. The summed E-state index contributed by atoms with van der Waals surface area (Å²) in [7, 11) is 1.65. The number of rotatable bonds is 2. The summed E-state index contributed by atoms with van der Waals surface area (Å²) in [5, 5.41) is 0.955. The molecule has 0 radical (unpaired) electrons. The van der Waals surface area contributed by atoms with Crippen LogP contribution in [-0.2, 0) is 6.54 Å². The van der Waals surface area contributed by atoms with Gasteiger partial charge in [-0.3, -0.25) is 0 Å². The lowest BCUT2D eigenvalue weighted by Crippen LogP contribution is -2.32. The lowest BCUT2D eigenvalue weighted by atomic mass is 10.0. The highest BCUT2D eigenvalue weighted by molar-refractivity contribution is 5.86. The number of nitrogens with zero attached hydrogens (tertiary/aromatic N) is 1. The van der Waals surface area contributed by atoms with Crippen molar-refractivity contribution in [1.82, 2.24) is 0 Å². The van der Waals surface area contributed by atoms with Crippen molar-refractivity contribution in [2.24, 2.45) is 0 Å². The summed E-state index contributed by atoms with van der Waals surface area (Å²) in [4.78, 5) is 14.2. The first-order valence-corrected chi connectivity index (χ1v) is 8.16. The molecule has 5 nitrogen and oxygen atoms in total. The van der Waals surface area contributed by atoms with E-state index in [2.05, 4.69) is 4.90 Å². The highest BCUT2D eigenvalue weighted by Crippen LogP contribution is 2.35. The normalized spacial score (nSPS) is 13.5. The number of anilines is 1. The number of hydrogen-bond acceptors (Lipinski definition) is 5. The summed E-state index contributed by atoms with van der Waals surface area (Å²) < 4.78 is 16.7. The van der Waals surface area contributed by atoms with Crippen LogP contribution >= 0.6 is 0 Å². The summed E-state index contributed by atoms with van der Waals surface area (Å²) in [6.07, 6.45) is 0. The van der Waals surface area contributed by atoms with Gasteiger partial charge in [-0.2, -0.15) is 0 Å². The van der Waals surface area contributed by atoms with Crippen LogP contribution in [-0.4, -0.2) is 13.8 Å². The maximum Gasteiger partial charge on any atom is 0.339 e. The molecule has 0 unspecified atom stereocenters. The van der Waals surface area contributed by atoms with Gasteiger partial charge < -0.3 is 18.8 Å². The van der Waals surface area contributed by atoms with Gasteiger partial charge in [0.25, 0.3) is 0 Å². The molecule has 0 atom stereocenters. The predicted octanol–water partition coefficient (Wildman–Crippen LogP) is 3.77. The average Bonchev–Trinajstić information content (AvgIpc) is 2.66. The standard InChI is InChI=1S/C20H19NO4/c1-12-13(2)20(22)25-19-16(12)8-9-18-17(19)10-21(11-24-18)14-4-6-15(23-3)7-5-14/h4-9H,10-11H2,1-3H3. The van der Waals surface area contributed by atoms with Crippen molar-refractivity contribution in [3.8, 4) is 11.5 Å². The molecule has 0 fully saturated rings. The quantitative estimate of drug-likeness (QED) is 0.666. The summed E-state index contributed by atoms with van der Waals surface area (Å²) in [6.45, 7) is 4.80. The van der Waals surface area contributed by atoms with Gasteiger partial charge in [-0.1, -0.05) is 0 Å². The Labute approximate surface area is 145 Å². The van der Waals surface area contributed by atoms with Crippen molar-refractivity contribution in [2.45, 2.75) is 20.4 Å². The Hall–Kier alpha value is -2.95. The minimum atomic E-state index is -0.292. The van der Waals surface area contributed by atoms with Crippen LogP contribution in [0.5, 0.6) is 11.5 Å². The van der Waals surface area contributed by atoms with Crippen LogP contribution < -0.4 is 20.0 Å². The third-order valence-electron chi connectivity index (χ3n) is 4.85. The zero-order chi connectivity index (χ0) is 17.6. The highest BCUT2D eigenvalue weighted by Gasteiger charge is 2.23. The van der Waals surface area contributed by atoms with Crippen LogP contribution in [0.15, 0.2) is 45.6 Å². The second-order valence-corrected chi connectivity index (χ2v) is 6.23. The lowest BCUT2D eigenvalue weighted by Gasteiger charge is -2.31. The van der Waals surface area contributed by atoms with E-state index in [1.54, 1.807) is 14.0 Å². The van der Waals surface area contributed by atoms with Gasteiger partial charge >= 0.3 is 5.63 Å². The molecule has 1 aliphatic heterocycles. The van der Waals surface area contributed by atoms with Crippen molar-refractivity contribution in [1.29, 1.82) is 0 Å². The minimum absolute atomic E-state index is 0.292. The Morgan fingerprint density at radius 1 is 1.04 bits per heavy atom. The number of fused-ring (bicyclic) bond motifs is 3. The fourth-order valence-corrected chi connectivity index (χ4v) is 3.17. The van der Waals surface area contributed by atoms with Gasteiger partial charge in [-0.15, -0.1) is 0 Å². The van der Waals surface area contributed by atoms with Crippen molar-refractivity contribution >= 4 is 16.7 Å². The maximum absolute atomic E-state index is 12.1. The van der Waals surface area contributed by atoms with Gasteiger partial charge in [0.15, 0.2) is 6.73 Å². The van der Waals surface area contributed by atoms with E-state index in [-0.39, 0.29) is 5.63 Å². The summed E-state index contributed by atoms with van der Waals surface area (Å²) in [5.74, 6) is 1.58. The molecule has 0 saturated carbocycles. The third kappa shape index (κ3) is 2.52. The van der Waals surface area contributed by atoms with Gasteiger partial charge in [-0.25, -0.2) is 4.79 Å². The molecule has 128 valence electrons. The molecule has 0 N–H and O–H groups in total. The van der Waals surface area contributed by atoms with Crippen LogP contribution in [0, 0.1) is 13.8 Å². The van der Waals surface area contributed by atoms with E-state index < -0.39 is 0 Å². The number of aryl methyl sites for hydroxylation is 1. The predicted molar refractivity (Wildman–Crippen MR) is 96.6 cm³/mol. The topological polar surface area (TPSA) is 51.9 Å². The average molecular weight is 337 g/mol. The van der Waals surface area contributed by atoms with Gasteiger partial charge in [0.2, 0.25) is 0 Å². The van der Waals surface area contributed by atoms with Crippen LogP contribution in [0.25, 0.3) is 11.0 Å². The van der Waals surface area contributed by atoms with Gasteiger partial charge in [0.05, 0.1) is 19.2 Å². The molecule has 2 aromatic carbocycles. The largest absolute Gasteiger partial charge is 0.497 e. The van der Waals surface area contributed by atoms with Crippen LogP contribution in [0.1, 0.15) is 16.7 Å². The van der Waals surface area contributed by atoms with Gasteiger partial charge in [-0.05, 0) is 55.8 Å². The Balaban J connectivity index is 1.80. The van der Waals surface area contributed by atoms with Crippen LogP contribution in [0.4, 0.5) is 5.69 Å². The smallest absolute Gasteiger partial charge is 0.339 e. The fourth-order valence-electron chi connectivity index (χ4n) is 3.17. The molecule has 2 heterocycles. The lowest BCUT2D eigenvalue weighted by molar-refractivity contribution is 0.289. The Morgan fingerprint density at radius 2 is 1.80 bits per heavy atom. The summed E-state index contributed by atoms with van der Waals surface area (Å²) in [6, 6.07) is 11.7. The number of ether oxygens (including phenoxy) is 2. The zero-order valence-corrected chi connectivity index (χ0v) is 14.5. The molecule has 0 bridgehead atoms. The minimum Gasteiger partial charge on any atom is -0.497 e. The summed E-state index contributed by atoms with van der Waals surface area (Å²) in [5.41, 5.74) is 3.85. The fraction of sp³-hybridized carbons (Fsp3) is 0.250. The molecule has 0 aliphatic carbocycles. The van der Waals surface area contributed by atoms with Crippen LogP contribution in [0.2, 0.25) is 0 Å². The van der Waals surface area contributed by atoms with Crippen molar-refractivity contribution in [3.05, 3.63) is 63.5 Å². The molecule has 3 aromatic rings. The second-order valence-electron chi connectivity index (χ2n) is 6.23. The maximum atomic E-state index is 12.1. The van der Waals surface area contributed by atoms with E-state index in [9.17, 15) is 4.79 Å². The molecular formula is C20H19NO4. The molecule has 0 saturated heterocycles. The zero-order valence-electron chi connectivity index (χ0n) is 14.5. The van der Waals surface area contributed by atoms with Crippen molar-refractivity contribution < 1.29 is 13.9 Å². The first-order chi connectivity index (χ1) is 12.1. The molecule has 0 amide bonds. The number of methoxy groups -OCH3 is 1. The summed E-state index contributed by atoms with van der Waals surface area (Å²) >= 11 is 0. The molecule has 1 aromatic heterocycles. The number of hydrogen-bond donors (Lipinski definition) is 0. The van der Waals surface area contributed by atoms with E-state index in [0.29, 0.717) is 24.4 Å². The highest BCUT2D eigenvalue weighted by atomic mass is 16.5. The Kier molecular flexibility index (Phi) is 3.64. The number of benzene rings is 2. The van der Waals surface area contributed by atoms with Gasteiger partial charge in [0.1, 0.15) is 17.1 Å². The molecule has 0 spiro atoms. The SMILES string of the molecule is COc1ccc(N2COc3ccc4c(C)c(C)c(=O)oc4c3C2)cc1. The van der Waals surface area contributed by atoms with Crippen molar-refractivity contribution in [3.63, 3.8) is 0 Å². The Morgan fingerprint density at radius 3 is 2.52 bits per heavy atom. The van der Waals surface area contributed by atoms with Gasteiger partial charge in [0, 0.05) is 16.6 Å². The molecule has 1 aliphatic rings. The van der Waals surface area contributed by atoms with E-state index in [4.69, 9.17) is 13.9 Å². The van der Waals surface area contributed by atoms with Crippen molar-refractivity contribution in [2.75, 3.05) is 18.7 Å². The van der Waals surface area contributed by atoms with E-state index in [1.165, 1.54) is 0 Å². The molecule has 4 rings (SSSR count).